The van der Waals surface area contributed by atoms with Gasteiger partial charge in [-0.2, -0.15) is 0 Å². The summed E-state index contributed by atoms with van der Waals surface area (Å²) in [6.45, 7) is 2.08. The zero-order valence-electron chi connectivity index (χ0n) is 6.71. The molecular formula is C9H8ClNSi. The molecule has 0 N–H and O–H groups in total. The summed E-state index contributed by atoms with van der Waals surface area (Å²) < 4.78 is 2.12. The third-order valence-electron chi connectivity index (χ3n) is 1.98. The second-order valence-corrected chi connectivity index (χ2v) is 3.89. The van der Waals surface area contributed by atoms with Gasteiger partial charge in [0.1, 0.15) is 0 Å². The van der Waals surface area contributed by atoms with Gasteiger partial charge in [0.15, 0.2) is 0 Å². The Morgan fingerprint density at radius 1 is 1.33 bits per heavy atom. The average molecular weight is 194 g/mol. The van der Waals surface area contributed by atoms with Crippen molar-refractivity contribution < 1.29 is 0 Å². The number of aryl methyl sites for hydroxylation is 1. The minimum absolute atomic E-state index is 0.296. The number of benzene rings is 1. The zero-order chi connectivity index (χ0) is 8.55. The molecule has 0 saturated heterocycles. The van der Waals surface area contributed by atoms with Crippen molar-refractivity contribution in [3.8, 4) is 0 Å². The van der Waals surface area contributed by atoms with Crippen molar-refractivity contribution in [2.24, 2.45) is 0 Å². The Morgan fingerprint density at radius 3 is 2.83 bits per heavy atom. The van der Waals surface area contributed by atoms with Crippen molar-refractivity contribution >= 4 is 31.0 Å². The maximum Gasteiger partial charge on any atom is 0.315 e. The van der Waals surface area contributed by atoms with Crippen molar-refractivity contribution in [1.82, 2.24) is 4.23 Å². The Hall–Kier alpha value is -0.733. The SMILES string of the molecule is Cc1cc2ccccc2n1[Si]Cl. The largest absolute Gasteiger partial charge is 0.358 e. The minimum atomic E-state index is 0.296. The smallest absolute Gasteiger partial charge is 0.315 e. The van der Waals surface area contributed by atoms with Gasteiger partial charge in [-0.1, -0.05) is 18.2 Å². The van der Waals surface area contributed by atoms with E-state index in [0.29, 0.717) is 8.99 Å². The van der Waals surface area contributed by atoms with Crippen LogP contribution in [0.3, 0.4) is 0 Å². The van der Waals surface area contributed by atoms with Crippen LogP contribution in [-0.4, -0.2) is 13.2 Å². The molecule has 1 nitrogen and oxygen atoms in total. The quantitative estimate of drug-likeness (QED) is 0.485. The van der Waals surface area contributed by atoms with Gasteiger partial charge in [-0.3, -0.25) is 0 Å². The van der Waals surface area contributed by atoms with Crippen LogP contribution in [0.25, 0.3) is 10.9 Å². The number of para-hydroxylation sites is 1. The molecule has 0 atom stereocenters. The fourth-order valence-electron chi connectivity index (χ4n) is 1.40. The first-order valence-corrected chi connectivity index (χ1v) is 5.72. The molecule has 60 valence electrons. The van der Waals surface area contributed by atoms with Gasteiger partial charge < -0.3 is 4.23 Å². The van der Waals surface area contributed by atoms with E-state index in [1.54, 1.807) is 0 Å². The highest BCUT2D eigenvalue weighted by molar-refractivity contribution is 6.93. The van der Waals surface area contributed by atoms with Crippen molar-refractivity contribution in [3.05, 3.63) is 36.0 Å². The van der Waals surface area contributed by atoms with Crippen LogP contribution in [-0.2, 0) is 0 Å². The molecule has 2 aromatic rings. The van der Waals surface area contributed by atoms with Crippen LogP contribution < -0.4 is 0 Å². The standard InChI is InChI=1S/C9H8ClNSi/c1-7-6-8-4-2-3-5-9(8)11(7)12-10/h2-6H,1H3. The summed E-state index contributed by atoms with van der Waals surface area (Å²) in [5.74, 6) is 0. The maximum atomic E-state index is 5.84. The highest BCUT2D eigenvalue weighted by Crippen LogP contribution is 2.17. The second-order valence-electron chi connectivity index (χ2n) is 2.76. The third-order valence-corrected chi connectivity index (χ3v) is 3.25. The van der Waals surface area contributed by atoms with Crippen LogP contribution in [0, 0.1) is 6.92 Å². The molecule has 0 amide bonds. The third kappa shape index (κ3) is 1.08. The predicted molar refractivity (Wildman–Crippen MR) is 53.7 cm³/mol. The Labute approximate surface area is 78.6 Å². The predicted octanol–water partition coefficient (Wildman–Crippen LogP) is 2.57. The van der Waals surface area contributed by atoms with E-state index in [1.165, 1.54) is 16.6 Å². The number of halogens is 1. The van der Waals surface area contributed by atoms with Gasteiger partial charge >= 0.3 is 8.99 Å². The van der Waals surface area contributed by atoms with Gasteiger partial charge in [-0.05, 0) is 24.4 Å². The van der Waals surface area contributed by atoms with Crippen molar-refractivity contribution in [1.29, 1.82) is 0 Å². The monoisotopic (exact) mass is 193 g/mol. The lowest BCUT2D eigenvalue weighted by atomic mass is 10.2. The van der Waals surface area contributed by atoms with E-state index in [0.717, 1.165) is 0 Å². The number of hydrogen-bond acceptors (Lipinski definition) is 0. The molecule has 0 spiro atoms. The molecule has 2 radical (unpaired) electrons. The molecular weight excluding hydrogens is 186 g/mol. The zero-order valence-corrected chi connectivity index (χ0v) is 8.47. The van der Waals surface area contributed by atoms with Gasteiger partial charge in [0.2, 0.25) is 0 Å². The molecule has 0 unspecified atom stereocenters. The number of aromatic nitrogens is 1. The Morgan fingerprint density at radius 2 is 2.08 bits per heavy atom. The Kier molecular flexibility index (Phi) is 1.94. The Balaban J connectivity index is 2.81. The lowest BCUT2D eigenvalue weighted by Crippen LogP contribution is -2.00. The minimum Gasteiger partial charge on any atom is -0.358 e. The fraction of sp³-hybridized carbons (Fsp3) is 0.111. The second kappa shape index (κ2) is 2.96. The van der Waals surface area contributed by atoms with Crippen LogP contribution in [0.1, 0.15) is 5.69 Å². The van der Waals surface area contributed by atoms with E-state index in [1.807, 2.05) is 12.1 Å². The molecule has 1 heterocycles. The van der Waals surface area contributed by atoms with Gasteiger partial charge in [0, 0.05) is 11.2 Å². The maximum absolute atomic E-state index is 5.84. The molecule has 12 heavy (non-hydrogen) atoms. The fourth-order valence-corrected chi connectivity index (χ4v) is 2.57. The number of rotatable bonds is 1. The summed E-state index contributed by atoms with van der Waals surface area (Å²) in [6, 6.07) is 10.4. The summed E-state index contributed by atoms with van der Waals surface area (Å²) in [7, 11) is 0.296. The molecule has 2 rings (SSSR count). The molecule has 0 saturated carbocycles. The van der Waals surface area contributed by atoms with E-state index in [9.17, 15) is 0 Å². The highest BCUT2D eigenvalue weighted by atomic mass is 35.6. The van der Waals surface area contributed by atoms with E-state index in [4.69, 9.17) is 11.1 Å². The van der Waals surface area contributed by atoms with E-state index in [2.05, 4.69) is 29.4 Å². The molecule has 0 aliphatic rings. The van der Waals surface area contributed by atoms with Gasteiger partial charge in [0.25, 0.3) is 0 Å². The number of nitrogens with zero attached hydrogens (tertiary/aromatic N) is 1. The molecule has 1 aromatic heterocycles. The first-order valence-electron chi connectivity index (χ1n) is 3.76. The van der Waals surface area contributed by atoms with Crippen molar-refractivity contribution in [3.63, 3.8) is 0 Å². The van der Waals surface area contributed by atoms with Crippen LogP contribution in [0.2, 0.25) is 0 Å². The number of hydrogen-bond donors (Lipinski definition) is 0. The van der Waals surface area contributed by atoms with Gasteiger partial charge in [0.05, 0.1) is 0 Å². The summed E-state index contributed by atoms with van der Waals surface area (Å²) in [6.07, 6.45) is 0. The molecule has 0 bridgehead atoms. The first-order chi connectivity index (χ1) is 5.83. The average Bonchev–Trinajstić information content (AvgIpc) is 2.40. The summed E-state index contributed by atoms with van der Waals surface area (Å²) in [4.78, 5) is 0. The molecule has 0 aliphatic carbocycles. The molecule has 0 aliphatic heterocycles. The van der Waals surface area contributed by atoms with Crippen LogP contribution in [0.4, 0.5) is 0 Å². The summed E-state index contributed by atoms with van der Waals surface area (Å²) in [5, 5.41) is 1.27. The van der Waals surface area contributed by atoms with Crippen LogP contribution >= 0.6 is 11.1 Å². The molecule has 1 aromatic carbocycles. The van der Waals surface area contributed by atoms with Gasteiger partial charge in [-0.15, -0.1) is 11.1 Å². The van der Waals surface area contributed by atoms with Crippen LogP contribution in [0.15, 0.2) is 30.3 Å². The number of fused-ring (bicyclic) bond motifs is 1. The van der Waals surface area contributed by atoms with E-state index < -0.39 is 0 Å². The van der Waals surface area contributed by atoms with E-state index in [-0.39, 0.29) is 0 Å². The highest BCUT2D eigenvalue weighted by Gasteiger charge is 2.02. The lowest BCUT2D eigenvalue weighted by Gasteiger charge is -1.99. The topological polar surface area (TPSA) is 4.93 Å². The molecule has 0 fully saturated rings. The lowest BCUT2D eigenvalue weighted by molar-refractivity contribution is 1.19. The summed E-state index contributed by atoms with van der Waals surface area (Å²) in [5.41, 5.74) is 2.45. The first kappa shape index (κ1) is 7.89. The normalized spacial score (nSPS) is 10.8. The van der Waals surface area contributed by atoms with Gasteiger partial charge in [-0.25, -0.2) is 0 Å². The van der Waals surface area contributed by atoms with E-state index >= 15 is 0 Å². The van der Waals surface area contributed by atoms with Crippen LogP contribution in [0.5, 0.6) is 0 Å². The van der Waals surface area contributed by atoms with Crippen molar-refractivity contribution in [2.45, 2.75) is 6.92 Å². The Bertz CT molecular complexity index is 408. The summed E-state index contributed by atoms with van der Waals surface area (Å²) >= 11 is 5.84. The van der Waals surface area contributed by atoms with Crippen molar-refractivity contribution in [2.75, 3.05) is 0 Å². The molecule has 3 heteroatoms.